The number of methoxy groups -OCH3 is 1. The highest BCUT2D eigenvalue weighted by Crippen LogP contribution is 2.52. The van der Waals surface area contributed by atoms with E-state index in [0.29, 0.717) is 69.0 Å². The normalized spacial score (nSPS) is 22.6. The molecule has 8 rings (SSSR count). The Morgan fingerprint density at radius 2 is 1.83 bits per heavy atom. The van der Waals surface area contributed by atoms with Gasteiger partial charge in [0.25, 0.3) is 11.9 Å². The van der Waals surface area contributed by atoms with Gasteiger partial charge in [-0.25, -0.2) is 14.6 Å². The van der Waals surface area contributed by atoms with Crippen LogP contribution in [0.25, 0.3) is 33.4 Å². The van der Waals surface area contributed by atoms with Gasteiger partial charge in [-0.05, 0) is 86.0 Å². The number of carbonyl (C=O) groups is 5. The van der Waals surface area contributed by atoms with E-state index in [2.05, 4.69) is 68.6 Å². The van der Waals surface area contributed by atoms with E-state index in [4.69, 9.17) is 19.4 Å². The molecule has 6 bridgehead atoms. The number of ketones is 1. The number of hydrazine groups is 1. The molecule has 17 heteroatoms. The van der Waals surface area contributed by atoms with Gasteiger partial charge < -0.3 is 28.7 Å². The van der Waals surface area contributed by atoms with E-state index in [0.717, 1.165) is 44.7 Å². The number of Topliss-reactive ketones (excluding diaryl/α,β-unsaturated/α-hetero) is 1. The summed E-state index contributed by atoms with van der Waals surface area (Å²) in [7, 11) is 5.11. The van der Waals surface area contributed by atoms with Crippen LogP contribution in [0, 0.1) is 16.7 Å². The minimum absolute atomic E-state index is 0.0264. The number of pyridine rings is 1. The van der Waals surface area contributed by atoms with Crippen LogP contribution in [0.5, 0.6) is 0 Å². The highest BCUT2D eigenvalue weighted by atomic mass is 32.2. The molecule has 15 nitrogen and oxygen atoms in total. The Kier molecular flexibility index (Phi) is 15.2. The summed E-state index contributed by atoms with van der Waals surface area (Å²) in [6.07, 6.45) is 5.70. The summed E-state index contributed by atoms with van der Waals surface area (Å²) in [5.41, 5.74) is 4.85. The van der Waals surface area contributed by atoms with E-state index in [-0.39, 0.29) is 54.7 Å². The number of likely N-dealkylation sites (N-methyl/N-ethyl adjacent to an activating group) is 2. The van der Waals surface area contributed by atoms with Crippen molar-refractivity contribution in [1.82, 2.24) is 34.2 Å². The molecule has 7 heterocycles. The predicted octanol–water partition coefficient (Wildman–Crippen LogP) is 7.85. The molecule has 0 radical (unpaired) electrons. The third-order valence-electron chi connectivity index (χ3n) is 15.1. The molecule has 3 aromatic heterocycles. The van der Waals surface area contributed by atoms with Crippen LogP contribution in [0.4, 0.5) is 4.79 Å². The zero-order chi connectivity index (χ0) is 51.1. The van der Waals surface area contributed by atoms with E-state index >= 15 is 9.59 Å². The molecule has 4 amide bonds. The van der Waals surface area contributed by atoms with Crippen LogP contribution in [-0.4, -0.2) is 151 Å². The lowest BCUT2D eigenvalue weighted by Gasteiger charge is -2.49. The SMILES string of the molecule is C=C=[N+]1[C@H]2CCCN1C(=O)[C@]1(CSC1C(=O)[C@H](C(C)C)N(C)C(=O)N1CCC(N(C)C(=O)C=C)CC1)Cc1nc(cs1)-c1ccc3c(c1)c(c(-c1cccnc1[C@H](C)OC)n3CC)CC(C)(C)COC2=O. The summed E-state index contributed by atoms with van der Waals surface area (Å²) >= 11 is 2.88. The van der Waals surface area contributed by atoms with Gasteiger partial charge >= 0.3 is 12.0 Å². The summed E-state index contributed by atoms with van der Waals surface area (Å²) in [5, 5.41) is 4.50. The number of hydrogen-bond acceptors (Lipinski definition) is 11. The van der Waals surface area contributed by atoms with Crippen LogP contribution in [-0.2, 0) is 48.0 Å². The molecule has 5 atom stereocenters. The topological polar surface area (TPSA) is 150 Å². The first-order valence-corrected chi connectivity index (χ1v) is 26.8. The monoisotopic (exact) mass is 1010 g/mol. The standard InChI is InChI=1S/C54H69N8O7S2/c1-12-44(63)57(9)36-21-25-59(26-22-36)52(67)58(10)46(33(4)5)48(64)49-54(32-71-49)29-43-56-40(30-70-43)35-19-20-41-38(27-35)39(47(60(41)13-2)37-17-15-23-55-45(37)34(6)68-11)28-53(7,8)31-69-50(65)42-18-16-24-62(51(54)66)61(42)14-3/h12,15,17,19-20,23,27,30,33-34,36,42,46,49H,1,3,13,16,18,21-22,24-26,28-29,31-32H2,2,4-11H3/q+1/t34-,42-,46-,49?,54-/m0/s1. The van der Waals surface area contributed by atoms with Crippen LogP contribution >= 0.6 is 23.1 Å². The third-order valence-corrected chi connectivity index (χ3v) is 17.7. The minimum Gasteiger partial charge on any atom is -0.460 e. The second-order valence-corrected chi connectivity index (χ2v) is 22.7. The van der Waals surface area contributed by atoms with Gasteiger partial charge in [0.15, 0.2) is 11.7 Å². The fraction of sp³-hybridized carbons (Fsp3) is 0.537. The molecule has 1 unspecified atom stereocenters. The molecular formula is C54H69N8O7S2+. The molecule has 71 heavy (non-hydrogen) atoms. The number of esters is 1. The van der Waals surface area contributed by atoms with Gasteiger partial charge in [0.2, 0.25) is 5.91 Å². The predicted molar refractivity (Wildman–Crippen MR) is 278 cm³/mol. The number of amides is 4. The highest BCUT2D eigenvalue weighted by molar-refractivity contribution is 8.02. The Labute approximate surface area is 425 Å². The lowest BCUT2D eigenvalue weighted by Crippen LogP contribution is -2.67. The Bertz CT molecular complexity index is 2790. The van der Waals surface area contributed by atoms with Crippen LogP contribution in [0.15, 0.2) is 61.1 Å². The number of likely N-dealkylation sites (tertiary alicyclic amines) is 1. The molecule has 4 aliphatic rings. The van der Waals surface area contributed by atoms with Crippen molar-refractivity contribution in [3.63, 3.8) is 0 Å². The number of thiazole rings is 1. The number of piperidine rings is 1. The number of hydrogen-bond donors (Lipinski definition) is 0. The zero-order valence-electron chi connectivity index (χ0n) is 42.7. The molecule has 1 spiro atoms. The van der Waals surface area contributed by atoms with Crippen molar-refractivity contribution >= 4 is 69.5 Å². The van der Waals surface area contributed by atoms with Gasteiger partial charge in [0.05, 0.1) is 58.1 Å². The maximum atomic E-state index is 15.6. The van der Waals surface area contributed by atoms with Gasteiger partial charge in [-0.1, -0.05) is 40.3 Å². The van der Waals surface area contributed by atoms with Gasteiger partial charge in [0.1, 0.15) is 0 Å². The fourth-order valence-electron chi connectivity index (χ4n) is 11.2. The average Bonchev–Trinajstić information content (AvgIpc) is 3.96. The number of ether oxygens (including phenoxy) is 2. The van der Waals surface area contributed by atoms with E-state index in [9.17, 15) is 14.4 Å². The lowest BCUT2D eigenvalue weighted by atomic mass is 9.76. The van der Waals surface area contributed by atoms with E-state index < -0.39 is 34.1 Å². The molecule has 3 saturated heterocycles. The third kappa shape index (κ3) is 9.62. The van der Waals surface area contributed by atoms with Crippen molar-refractivity contribution < 1.29 is 38.1 Å². The minimum atomic E-state index is -1.27. The summed E-state index contributed by atoms with van der Waals surface area (Å²) in [5.74, 6) is 1.81. The number of aromatic nitrogens is 3. The number of rotatable bonds is 10. The summed E-state index contributed by atoms with van der Waals surface area (Å²) < 4.78 is 15.9. The number of aryl methyl sites for hydroxylation is 1. The van der Waals surface area contributed by atoms with E-state index in [1.54, 1.807) is 47.1 Å². The lowest BCUT2D eigenvalue weighted by molar-refractivity contribution is -0.695. The molecule has 0 saturated carbocycles. The van der Waals surface area contributed by atoms with Crippen molar-refractivity contribution in [3.8, 4) is 22.5 Å². The van der Waals surface area contributed by atoms with Gasteiger partial charge in [-0.3, -0.25) is 19.4 Å². The Balaban J connectivity index is 1.20. The molecule has 1 aromatic carbocycles. The van der Waals surface area contributed by atoms with Gasteiger partial charge in [0, 0.05) is 111 Å². The van der Waals surface area contributed by atoms with Crippen LogP contribution in [0.2, 0.25) is 0 Å². The zero-order valence-corrected chi connectivity index (χ0v) is 44.4. The van der Waals surface area contributed by atoms with E-state index in [1.807, 2.05) is 32.2 Å². The van der Waals surface area contributed by atoms with Crippen molar-refractivity contribution in [2.24, 2.45) is 16.7 Å². The largest absolute Gasteiger partial charge is 0.460 e. The van der Waals surface area contributed by atoms with Crippen LogP contribution in [0.3, 0.4) is 0 Å². The molecule has 0 aliphatic carbocycles. The number of carbonyl (C=O) groups excluding carboxylic acids is 5. The molecule has 4 aliphatic heterocycles. The average molecular weight is 1010 g/mol. The second kappa shape index (κ2) is 20.9. The molecule has 4 aromatic rings. The first kappa shape index (κ1) is 51.7. The fourth-order valence-corrected chi connectivity index (χ4v) is 13.6. The molecular weight excluding hydrogens is 937 g/mol. The molecule has 0 N–H and O–H groups in total. The summed E-state index contributed by atoms with van der Waals surface area (Å²) in [4.78, 5) is 87.0. The number of nitrogens with zero attached hydrogens (tertiary/aromatic N) is 8. The van der Waals surface area contributed by atoms with Crippen molar-refractivity contribution in [3.05, 3.63) is 77.4 Å². The smallest absolute Gasteiger partial charge is 0.379 e. The highest BCUT2D eigenvalue weighted by Gasteiger charge is 2.62. The molecule has 378 valence electrons. The van der Waals surface area contributed by atoms with Gasteiger partial charge in [-0.15, -0.1) is 28.1 Å². The maximum absolute atomic E-state index is 15.6. The Hall–Kier alpha value is -5.61. The van der Waals surface area contributed by atoms with Gasteiger partial charge in [-0.2, -0.15) is 0 Å². The van der Waals surface area contributed by atoms with Crippen molar-refractivity contribution in [2.45, 2.75) is 116 Å². The first-order valence-electron chi connectivity index (χ1n) is 24.8. The van der Waals surface area contributed by atoms with Crippen LogP contribution in [0.1, 0.15) is 89.6 Å². The van der Waals surface area contributed by atoms with Crippen LogP contribution < -0.4 is 0 Å². The summed E-state index contributed by atoms with van der Waals surface area (Å²) in [6, 6.07) is 8.48. The Morgan fingerprint density at radius 3 is 2.48 bits per heavy atom. The van der Waals surface area contributed by atoms with Crippen molar-refractivity contribution in [1.29, 1.82) is 0 Å². The summed E-state index contributed by atoms with van der Waals surface area (Å²) in [6.45, 7) is 21.7. The molecule has 3 fully saturated rings. The number of benzene rings is 1. The number of thioether (sulfide) groups is 1. The van der Waals surface area contributed by atoms with E-state index in [1.165, 1.54) is 33.9 Å². The Morgan fingerprint density at radius 1 is 1.08 bits per heavy atom. The number of cyclic esters (lactones) is 1. The van der Waals surface area contributed by atoms with Crippen molar-refractivity contribution in [2.75, 3.05) is 53.2 Å². The number of urea groups is 1. The maximum Gasteiger partial charge on any atom is 0.379 e. The number of fused-ring (bicyclic) bond motifs is 6. The second-order valence-electron chi connectivity index (χ2n) is 20.7. The quantitative estimate of drug-likeness (QED) is 0.0874. The number of hydrazone groups is 1. The first-order chi connectivity index (χ1) is 33.9.